The fourth-order valence-corrected chi connectivity index (χ4v) is 2.64. The number of hydrogen-bond donors (Lipinski definition) is 1. The summed E-state index contributed by atoms with van der Waals surface area (Å²) in [4.78, 5) is 0.993. The molecular formula is C15H16ClNO2S. The number of halogens is 1. The molecule has 20 heavy (non-hydrogen) atoms. The Hall–Kier alpha value is -1.52. The van der Waals surface area contributed by atoms with Crippen molar-refractivity contribution in [3.63, 3.8) is 0 Å². The van der Waals surface area contributed by atoms with Gasteiger partial charge >= 0.3 is 0 Å². The molecule has 0 fully saturated rings. The van der Waals surface area contributed by atoms with Gasteiger partial charge in [-0.15, -0.1) is 11.8 Å². The molecule has 3 nitrogen and oxygen atoms in total. The number of para-hydroxylation sites is 1. The van der Waals surface area contributed by atoms with Gasteiger partial charge in [-0.25, -0.2) is 0 Å². The van der Waals surface area contributed by atoms with Crippen molar-refractivity contribution in [1.29, 1.82) is 0 Å². The maximum absolute atomic E-state index is 6.02. The van der Waals surface area contributed by atoms with Gasteiger partial charge in [-0.2, -0.15) is 0 Å². The summed E-state index contributed by atoms with van der Waals surface area (Å²) in [5, 5.41) is 0.624. The fraction of sp³-hybridized carbons (Fsp3) is 0.200. The summed E-state index contributed by atoms with van der Waals surface area (Å²) in [6.45, 7) is 0.561. The Morgan fingerprint density at radius 1 is 1.20 bits per heavy atom. The molecule has 2 aromatic rings. The number of nitrogens with two attached hydrogens (primary N) is 1. The van der Waals surface area contributed by atoms with Crippen LogP contribution in [0.15, 0.2) is 47.4 Å². The van der Waals surface area contributed by atoms with Crippen LogP contribution in [0.2, 0.25) is 5.02 Å². The number of benzene rings is 2. The van der Waals surface area contributed by atoms with Crippen LogP contribution in [-0.4, -0.2) is 19.5 Å². The second kappa shape index (κ2) is 7.31. The molecule has 0 heterocycles. The third-order valence-corrected chi connectivity index (χ3v) is 4.00. The first-order chi connectivity index (χ1) is 9.70. The zero-order valence-corrected chi connectivity index (χ0v) is 12.7. The van der Waals surface area contributed by atoms with E-state index in [0.717, 1.165) is 22.1 Å². The first-order valence-electron chi connectivity index (χ1n) is 6.14. The van der Waals surface area contributed by atoms with Crippen molar-refractivity contribution >= 4 is 29.1 Å². The largest absolute Gasteiger partial charge is 0.497 e. The van der Waals surface area contributed by atoms with Crippen LogP contribution in [0, 0.1) is 0 Å². The number of hydrogen-bond acceptors (Lipinski definition) is 4. The molecule has 0 aliphatic heterocycles. The summed E-state index contributed by atoms with van der Waals surface area (Å²) in [7, 11) is 1.64. The minimum Gasteiger partial charge on any atom is -0.497 e. The molecule has 0 aliphatic rings. The summed E-state index contributed by atoms with van der Waals surface area (Å²) < 4.78 is 10.8. The molecule has 0 saturated heterocycles. The van der Waals surface area contributed by atoms with Crippen molar-refractivity contribution in [3.05, 3.63) is 47.5 Å². The van der Waals surface area contributed by atoms with E-state index in [1.165, 1.54) is 0 Å². The number of anilines is 1. The predicted molar refractivity (Wildman–Crippen MR) is 85.1 cm³/mol. The smallest absolute Gasteiger partial charge is 0.137 e. The Morgan fingerprint density at radius 3 is 2.75 bits per heavy atom. The molecule has 2 N–H and O–H groups in total. The van der Waals surface area contributed by atoms with E-state index in [0.29, 0.717) is 17.4 Å². The average molecular weight is 310 g/mol. The van der Waals surface area contributed by atoms with Crippen LogP contribution in [-0.2, 0) is 0 Å². The summed E-state index contributed by atoms with van der Waals surface area (Å²) >= 11 is 7.65. The second-order valence-electron chi connectivity index (χ2n) is 4.03. The Balaban J connectivity index is 1.86. The lowest BCUT2D eigenvalue weighted by atomic mass is 10.3. The monoisotopic (exact) mass is 309 g/mol. The van der Waals surface area contributed by atoms with E-state index in [4.69, 9.17) is 26.8 Å². The average Bonchev–Trinajstić information content (AvgIpc) is 2.47. The summed E-state index contributed by atoms with van der Waals surface area (Å²) in [6, 6.07) is 13.1. The molecule has 0 spiro atoms. The van der Waals surface area contributed by atoms with Gasteiger partial charge in [-0.3, -0.25) is 0 Å². The number of thioether (sulfide) groups is 1. The van der Waals surface area contributed by atoms with Gasteiger partial charge in [-0.05, 0) is 30.3 Å². The first kappa shape index (κ1) is 14.9. The van der Waals surface area contributed by atoms with Crippen LogP contribution in [0.25, 0.3) is 0 Å². The minimum atomic E-state index is 0.561. The van der Waals surface area contributed by atoms with E-state index in [1.807, 2.05) is 42.5 Å². The van der Waals surface area contributed by atoms with Crippen LogP contribution in [0.1, 0.15) is 0 Å². The zero-order chi connectivity index (χ0) is 14.4. The molecule has 0 saturated carbocycles. The summed E-state index contributed by atoms with van der Waals surface area (Å²) in [5.74, 6) is 2.28. The Bertz CT molecular complexity index is 578. The molecule has 0 bridgehead atoms. The fourth-order valence-electron chi connectivity index (χ4n) is 1.63. The van der Waals surface area contributed by atoms with Crippen LogP contribution >= 0.6 is 23.4 Å². The zero-order valence-electron chi connectivity index (χ0n) is 11.1. The van der Waals surface area contributed by atoms with Crippen molar-refractivity contribution in [1.82, 2.24) is 0 Å². The number of ether oxygens (including phenoxy) is 2. The maximum Gasteiger partial charge on any atom is 0.137 e. The van der Waals surface area contributed by atoms with Crippen LogP contribution in [0.4, 0.5) is 5.69 Å². The highest BCUT2D eigenvalue weighted by Gasteiger charge is 2.04. The molecular weight excluding hydrogens is 294 g/mol. The van der Waals surface area contributed by atoms with E-state index in [2.05, 4.69) is 0 Å². The van der Waals surface area contributed by atoms with Gasteiger partial charge in [0.2, 0.25) is 0 Å². The van der Waals surface area contributed by atoms with E-state index in [1.54, 1.807) is 18.9 Å². The van der Waals surface area contributed by atoms with Gasteiger partial charge in [0.15, 0.2) is 0 Å². The Morgan fingerprint density at radius 2 is 2.00 bits per heavy atom. The number of methoxy groups -OCH3 is 1. The molecule has 2 aromatic carbocycles. The molecule has 0 atom stereocenters. The lowest BCUT2D eigenvalue weighted by molar-refractivity contribution is 0.344. The third kappa shape index (κ3) is 3.99. The number of rotatable bonds is 6. The van der Waals surface area contributed by atoms with Gasteiger partial charge in [0.1, 0.15) is 11.5 Å². The molecule has 0 unspecified atom stereocenters. The van der Waals surface area contributed by atoms with Gasteiger partial charge in [0.25, 0.3) is 0 Å². The normalized spacial score (nSPS) is 10.3. The van der Waals surface area contributed by atoms with E-state index >= 15 is 0 Å². The van der Waals surface area contributed by atoms with Gasteiger partial charge in [-0.1, -0.05) is 23.7 Å². The summed E-state index contributed by atoms with van der Waals surface area (Å²) in [6.07, 6.45) is 0. The highest BCUT2D eigenvalue weighted by molar-refractivity contribution is 7.99. The second-order valence-corrected chi connectivity index (χ2v) is 5.58. The van der Waals surface area contributed by atoms with Crippen molar-refractivity contribution in [2.24, 2.45) is 0 Å². The predicted octanol–water partition coefficient (Wildman–Crippen LogP) is 4.10. The van der Waals surface area contributed by atoms with E-state index in [9.17, 15) is 0 Å². The lowest BCUT2D eigenvalue weighted by Crippen LogP contribution is -2.01. The van der Waals surface area contributed by atoms with Gasteiger partial charge in [0, 0.05) is 16.3 Å². The van der Waals surface area contributed by atoms with E-state index < -0.39 is 0 Å². The van der Waals surface area contributed by atoms with Crippen LogP contribution in [0.3, 0.4) is 0 Å². The van der Waals surface area contributed by atoms with Gasteiger partial charge < -0.3 is 15.2 Å². The summed E-state index contributed by atoms with van der Waals surface area (Å²) in [5.41, 5.74) is 6.67. The van der Waals surface area contributed by atoms with Crippen LogP contribution in [0.5, 0.6) is 11.5 Å². The highest BCUT2D eigenvalue weighted by atomic mass is 35.5. The molecule has 0 aliphatic carbocycles. The molecule has 0 aromatic heterocycles. The van der Waals surface area contributed by atoms with Crippen molar-refractivity contribution in [3.8, 4) is 11.5 Å². The molecule has 106 valence electrons. The lowest BCUT2D eigenvalue weighted by Gasteiger charge is -2.09. The van der Waals surface area contributed by atoms with Crippen molar-refractivity contribution in [2.45, 2.75) is 4.90 Å². The van der Waals surface area contributed by atoms with Crippen molar-refractivity contribution < 1.29 is 9.47 Å². The maximum atomic E-state index is 6.02. The Labute approximate surface area is 128 Å². The van der Waals surface area contributed by atoms with Crippen LogP contribution < -0.4 is 15.2 Å². The topological polar surface area (TPSA) is 44.5 Å². The SMILES string of the molecule is COc1ccc(N)c(SCCOc2ccccc2Cl)c1. The standard InChI is InChI=1S/C15H16ClNO2S/c1-18-11-6-7-13(17)15(10-11)20-9-8-19-14-5-3-2-4-12(14)16/h2-7,10H,8-9,17H2,1H3. The number of nitrogen functional groups attached to an aromatic ring is 1. The minimum absolute atomic E-state index is 0.561. The van der Waals surface area contributed by atoms with Crippen molar-refractivity contribution in [2.75, 3.05) is 25.2 Å². The molecule has 2 rings (SSSR count). The molecule has 0 amide bonds. The Kier molecular flexibility index (Phi) is 5.44. The van der Waals surface area contributed by atoms with Gasteiger partial charge in [0.05, 0.1) is 18.7 Å². The highest BCUT2D eigenvalue weighted by Crippen LogP contribution is 2.29. The molecule has 0 radical (unpaired) electrons. The quantitative estimate of drug-likeness (QED) is 0.495. The molecule has 5 heteroatoms. The first-order valence-corrected chi connectivity index (χ1v) is 7.50. The third-order valence-electron chi connectivity index (χ3n) is 2.66. The van der Waals surface area contributed by atoms with E-state index in [-0.39, 0.29) is 0 Å².